The Kier molecular flexibility index (Phi) is 60.7. The Hall–Kier alpha value is -3.52. The summed E-state index contributed by atoms with van der Waals surface area (Å²) in [5.41, 5.74) is 2.55. The predicted molar refractivity (Wildman–Crippen MR) is 192 cm³/mol. The summed E-state index contributed by atoms with van der Waals surface area (Å²) in [4.78, 5) is 0. The van der Waals surface area contributed by atoms with E-state index in [2.05, 4.69) is 76.2 Å². The van der Waals surface area contributed by atoms with Gasteiger partial charge in [0.05, 0.1) is 0 Å². The van der Waals surface area contributed by atoms with E-state index in [0.717, 1.165) is 0 Å². The molecule has 4 rings (SSSR count). The first-order chi connectivity index (χ1) is 19.6. The molecule has 0 heterocycles. The zero-order valence-corrected chi connectivity index (χ0v) is 27.9. The van der Waals surface area contributed by atoms with Crippen LogP contribution >= 0.6 is 0 Å². The highest BCUT2D eigenvalue weighted by atomic mass is 16.3. The SMILES string of the molecule is C.CC.CC.CC.CC.CCC.CCC.Oc1ccccc1.Oc1ccccc1.c1ccc(-c2ccccc2)cc1. The number of benzene rings is 4. The molecule has 0 aliphatic carbocycles. The van der Waals surface area contributed by atoms with E-state index >= 15 is 0 Å². The zero-order chi connectivity index (χ0) is 31.9. The third kappa shape index (κ3) is 41.1. The lowest BCUT2D eigenvalue weighted by Crippen LogP contribution is -1.73. The highest BCUT2D eigenvalue weighted by Gasteiger charge is 1.91. The van der Waals surface area contributed by atoms with Gasteiger partial charge in [0.2, 0.25) is 0 Å². The second-order valence-corrected chi connectivity index (χ2v) is 6.82. The van der Waals surface area contributed by atoms with Crippen LogP contribution in [-0.2, 0) is 0 Å². The van der Waals surface area contributed by atoms with E-state index in [1.807, 2.05) is 79.7 Å². The van der Waals surface area contributed by atoms with Gasteiger partial charge >= 0.3 is 0 Å². The molecule has 0 aliphatic heterocycles. The van der Waals surface area contributed by atoms with Gasteiger partial charge in [0.25, 0.3) is 0 Å². The fraction of sp³-hybridized carbons (Fsp3) is 0.385. The van der Waals surface area contributed by atoms with Crippen LogP contribution in [0.25, 0.3) is 11.1 Å². The van der Waals surface area contributed by atoms with Crippen LogP contribution < -0.4 is 0 Å². The summed E-state index contributed by atoms with van der Waals surface area (Å²) >= 11 is 0. The van der Waals surface area contributed by atoms with Crippen LogP contribution in [0, 0.1) is 0 Å². The molecule has 2 nitrogen and oxygen atoms in total. The maximum atomic E-state index is 8.63. The molecule has 0 saturated heterocycles. The fourth-order valence-corrected chi connectivity index (χ4v) is 2.12. The van der Waals surface area contributed by atoms with Crippen molar-refractivity contribution >= 4 is 0 Å². The first kappa shape index (κ1) is 50.3. The Balaban J connectivity index is -0.0000000934. The monoisotopic (exact) mass is 567 g/mol. The molecule has 0 bridgehead atoms. The van der Waals surface area contributed by atoms with Gasteiger partial charge in [-0.2, -0.15) is 0 Å². The first-order valence-electron chi connectivity index (χ1n) is 15.2. The minimum Gasteiger partial charge on any atom is -0.508 e. The lowest BCUT2D eigenvalue weighted by Gasteiger charge is -1.98. The third-order valence-corrected chi connectivity index (χ3v) is 3.39. The van der Waals surface area contributed by atoms with Crippen LogP contribution in [0.4, 0.5) is 0 Å². The van der Waals surface area contributed by atoms with Gasteiger partial charge in [-0.1, -0.05) is 200 Å². The number of aromatic hydroxyl groups is 2. The molecule has 0 radical (unpaired) electrons. The quantitative estimate of drug-likeness (QED) is 0.240. The van der Waals surface area contributed by atoms with Gasteiger partial charge in [-0.15, -0.1) is 0 Å². The van der Waals surface area contributed by atoms with Crippen molar-refractivity contribution in [2.24, 2.45) is 0 Å². The normalized spacial score (nSPS) is 7.22. The van der Waals surface area contributed by atoms with E-state index in [0.29, 0.717) is 11.5 Å². The Morgan fingerprint density at radius 3 is 0.610 bits per heavy atom. The Labute approximate surface area is 257 Å². The summed E-state index contributed by atoms with van der Waals surface area (Å²) in [6.45, 7) is 24.5. The molecular formula is C39H66O2. The van der Waals surface area contributed by atoms with E-state index in [9.17, 15) is 0 Å². The van der Waals surface area contributed by atoms with Crippen LogP contribution in [0.5, 0.6) is 11.5 Å². The Morgan fingerprint density at radius 2 is 0.488 bits per heavy atom. The van der Waals surface area contributed by atoms with Crippen LogP contribution in [-0.4, -0.2) is 10.2 Å². The number of para-hydroxylation sites is 2. The molecule has 0 saturated carbocycles. The van der Waals surface area contributed by atoms with Crippen LogP contribution in [0.3, 0.4) is 0 Å². The van der Waals surface area contributed by atoms with Crippen molar-refractivity contribution in [3.8, 4) is 22.6 Å². The van der Waals surface area contributed by atoms with Crippen molar-refractivity contribution in [3.05, 3.63) is 121 Å². The summed E-state index contributed by atoms with van der Waals surface area (Å²) in [5, 5.41) is 17.3. The molecule has 0 amide bonds. The fourth-order valence-electron chi connectivity index (χ4n) is 2.12. The summed E-state index contributed by atoms with van der Waals surface area (Å²) in [6.07, 6.45) is 2.50. The number of hydrogen-bond donors (Lipinski definition) is 2. The smallest absolute Gasteiger partial charge is 0.115 e. The summed E-state index contributed by atoms with van der Waals surface area (Å²) < 4.78 is 0. The Bertz CT molecular complexity index is 785. The molecule has 0 spiro atoms. The Morgan fingerprint density at radius 1 is 0.341 bits per heavy atom. The standard InChI is InChI=1S/C12H10.2C6H6O.2C3H8.4C2H6.CH4/c1-3-7-11(8-4-1)12-9-5-2-6-10-12;2*7-6-4-2-1-3-5-6;2*1-3-2;4*1-2;/h1-10H;2*1-5,7H;2*3H2,1-2H3;4*1-2H3;1H4. The molecule has 0 atom stereocenters. The first-order valence-corrected chi connectivity index (χ1v) is 15.2. The maximum absolute atomic E-state index is 8.63. The molecule has 0 unspecified atom stereocenters. The lowest BCUT2D eigenvalue weighted by atomic mass is 10.1. The van der Waals surface area contributed by atoms with Gasteiger partial charge in [-0.05, 0) is 35.4 Å². The molecule has 2 N–H and O–H groups in total. The van der Waals surface area contributed by atoms with Crippen LogP contribution in [0.1, 0.15) is 103 Å². The minimum atomic E-state index is 0. The number of phenolic OH excluding ortho intramolecular Hbond substituents is 2. The van der Waals surface area contributed by atoms with Gasteiger partial charge in [-0.3, -0.25) is 0 Å². The topological polar surface area (TPSA) is 40.5 Å². The van der Waals surface area contributed by atoms with Gasteiger partial charge in [0, 0.05) is 0 Å². The average Bonchev–Trinajstić information content (AvgIpc) is 3.04. The molecule has 41 heavy (non-hydrogen) atoms. The van der Waals surface area contributed by atoms with E-state index in [-0.39, 0.29) is 7.43 Å². The van der Waals surface area contributed by atoms with Gasteiger partial charge in [0.15, 0.2) is 0 Å². The lowest BCUT2D eigenvalue weighted by molar-refractivity contribution is 0.475. The van der Waals surface area contributed by atoms with E-state index < -0.39 is 0 Å². The van der Waals surface area contributed by atoms with E-state index in [1.54, 1.807) is 48.5 Å². The second kappa shape index (κ2) is 49.4. The van der Waals surface area contributed by atoms with E-state index in [1.165, 1.54) is 24.0 Å². The second-order valence-electron chi connectivity index (χ2n) is 6.82. The van der Waals surface area contributed by atoms with Gasteiger partial charge in [-0.25, -0.2) is 0 Å². The molecule has 4 aromatic carbocycles. The number of rotatable bonds is 1. The zero-order valence-electron chi connectivity index (χ0n) is 27.9. The predicted octanol–water partition coefficient (Wildman–Crippen LogP) is 13.7. The van der Waals surface area contributed by atoms with Gasteiger partial charge in [0.1, 0.15) is 11.5 Å². The maximum Gasteiger partial charge on any atom is 0.115 e. The van der Waals surface area contributed by atoms with Crippen molar-refractivity contribution in [2.75, 3.05) is 0 Å². The van der Waals surface area contributed by atoms with Crippen molar-refractivity contribution in [2.45, 2.75) is 103 Å². The molecule has 234 valence electrons. The summed E-state index contributed by atoms with van der Waals surface area (Å²) in [5.74, 6) is 0.644. The third-order valence-electron chi connectivity index (χ3n) is 3.39. The minimum absolute atomic E-state index is 0. The van der Waals surface area contributed by atoms with Crippen molar-refractivity contribution in [1.82, 2.24) is 0 Å². The summed E-state index contributed by atoms with van der Waals surface area (Å²) in [7, 11) is 0. The van der Waals surface area contributed by atoms with Crippen molar-refractivity contribution in [1.29, 1.82) is 0 Å². The summed E-state index contributed by atoms with van der Waals surface area (Å²) in [6, 6.07) is 38.2. The van der Waals surface area contributed by atoms with Crippen molar-refractivity contribution in [3.63, 3.8) is 0 Å². The molecule has 2 heteroatoms. The number of hydrogen-bond acceptors (Lipinski definition) is 2. The molecule has 4 aromatic rings. The number of phenols is 2. The highest BCUT2D eigenvalue weighted by Crippen LogP contribution is 2.17. The van der Waals surface area contributed by atoms with Crippen LogP contribution in [0.15, 0.2) is 121 Å². The molecule has 0 fully saturated rings. The molecular weight excluding hydrogens is 500 g/mol. The average molecular weight is 567 g/mol. The largest absolute Gasteiger partial charge is 0.508 e. The molecule has 0 aliphatic rings. The highest BCUT2D eigenvalue weighted by molar-refractivity contribution is 5.62. The van der Waals surface area contributed by atoms with Crippen LogP contribution in [0.2, 0.25) is 0 Å². The van der Waals surface area contributed by atoms with Crippen molar-refractivity contribution < 1.29 is 10.2 Å². The van der Waals surface area contributed by atoms with E-state index in [4.69, 9.17) is 10.2 Å². The van der Waals surface area contributed by atoms with Gasteiger partial charge < -0.3 is 10.2 Å². The molecule has 0 aromatic heterocycles.